The van der Waals surface area contributed by atoms with E-state index in [4.69, 9.17) is 4.74 Å². The van der Waals surface area contributed by atoms with Crippen molar-refractivity contribution >= 4 is 17.8 Å². The van der Waals surface area contributed by atoms with Crippen LogP contribution in [0.25, 0.3) is 0 Å². The first kappa shape index (κ1) is 19.8. The Labute approximate surface area is 153 Å². The van der Waals surface area contributed by atoms with Crippen LogP contribution in [0.5, 0.6) is 5.75 Å². The molecule has 0 unspecified atom stereocenters. The summed E-state index contributed by atoms with van der Waals surface area (Å²) in [5.41, 5.74) is -0.532. The predicted molar refractivity (Wildman–Crippen MR) is 96.1 cm³/mol. The van der Waals surface area contributed by atoms with Gasteiger partial charge in [-0.3, -0.25) is 14.4 Å². The molecule has 26 heavy (non-hydrogen) atoms. The number of hydrogen-bond acceptors (Lipinski definition) is 4. The Hall–Kier alpha value is -2.57. The van der Waals surface area contributed by atoms with Crippen LogP contribution in [0.4, 0.5) is 0 Å². The zero-order valence-corrected chi connectivity index (χ0v) is 15.0. The number of hydrogen-bond donors (Lipinski definition) is 3. The van der Waals surface area contributed by atoms with E-state index < -0.39 is 23.2 Å². The number of carbonyl (C=O) groups is 3. The van der Waals surface area contributed by atoms with Gasteiger partial charge in [-0.1, -0.05) is 31.4 Å². The molecule has 0 radical (unpaired) electrons. The topological polar surface area (TPSA) is 105 Å². The summed E-state index contributed by atoms with van der Waals surface area (Å²) >= 11 is 0. The summed E-state index contributed by atoms with van der Waals surface area (Å²) in [7, 11) is 0. The molecule has 1 aromatic carbocycles. The molecular formula is C19H26N2O5. The Morgan fingerprint density at radius 2 is 1.81 bits per heavy atom. The summed E-state index contributed by atoms with van der Waals surface area (Å²) in [6, 6.07) is 6.80. The van der Waals surface area contributed by atoms with Gasteiger partial charge in [0.15, 0.2) is 0 Å². The third-order valence-corrected chi connectivity index (χ3v) is 4.73. The van der Waals surface area contributed by atoms with E-state index in [1.165, 1.54) is 0 Å². The van der Waals surface area contributed by atoms with E-state index in [1.54, 1.807) is 24.3 Å². The summed E-state index contributed by atoms with van der Waals surface area (Å²) < 4.78 is 5.40. The average molecular weight is 362 g/mol. The van der Waals surface area contributed by atoms with Crippen molar-refractivity contribution in [1.29, 1.82) is 0 Å². The van der Waals surface area contributed by atoms with Gasteiger partial charge in [-0.15, -0.1) is 0 Å². The number of benzene rings is 1. The molecule has 0 spiro atoms. The molecule has 142 valence electrons. The van der Waals surface area contributed by atoms with Crippen molar-refractivity contribution in [1.82, 2.24) is 10.6 Å². The molecule has 1 saturated carbocycles. The van der Waals surface area contributed by atoms with Crippen LogP contribution in [0.1, 0.15) is 49.4 Å². The first-order chi connectivity index (χ1) is 12.5. The molecule has 1 aliphatic carbocycles. The van der Waals surface area contributed by atoms with Crippen LogP contribution in [0.2, 0.25) is 0 Å². The molecule has 1 aromatic rings. The molecule has 7 heteroatoms. The Morgan fingerprint density at radius 1 is 1.12 bits per heavy atom. The first-order valence-corrected chi connectivity index (χ1v) is 8.98. The molecule has 0 aromatic heterocycles. The Bertz CT molecular complexity index is 653. The molecule has 0 atom stereocenters. The molecule has 0 aliphatic heterocycles. The van der Waals surface area contributed by atoms with Gasteiger partial charge in [-0.05, 0) is 31.9 Å². The van der Waals surface area contributed by atoms with Crippen LogP contribution >= 0.6 is 0 Å². The minimum atomic E-state index is -0.889. The number of para-hydroxylation sites is 1. The van der Waals surface area contributed by atoms with E-state index in [-0.39, 0.29) is 13.1 Å². The molecule has 2 rings (SSSR count). The van der Waals surface area contributed by atoms with Crippen molar-refractivity contribution in [3.05, 3.63) is 29.8 Å². The van der Waals surface area contributed by atoms with Crippen LogP contribution in [0.3, 0.4) is 0 Å². The maximum Gasteiger partial charge on any atom is 0.311 e. The second-order valence-electron chi connectivity index (χ2n) is 6.53. The van der Waals surface area contributed by atoms with Gasteiger partial charge < -0.3 is 20.5 Å². The number of amides is 2. The molecule has 2 amide bonds. The van der Waals surface area contributed by atoms with E-state index in [0.29, 0.717) is 30.8 Å². The van der Waals surface area contributed by atoms with Gasteiger partial charge in [0.2, 0.25) is 5.91 Å². The Morgan fingerprint density at radius 3 is 2.46 bits per heavy atom. The maximum absolute atomic E-state index is 12.3. The first-order valence-electron chi connectivity index (χ1n) is 8.98. The zero-order chi connectivity index (χ0) is 19.0. The largest absolute Gasteiger partial charge is 0.493 e. The van der Waals surface area contributed by atoms with Gasteiger partial charge in [-0.25, -0.2) is 0 Å². The van der Waals surface area contributed by atoms with Crippen molar-refractivity contribution in [2.45, 2.75) is 39.0 Å². The van der Waals surface area contributed by atoms with E-state index in [0.717, 1.165) is 19.3 Å². The fraction of sp³-hybridized carbons (Fsp3) is 0.526. The van der Waals surface area contributed by atoms with Crippen molar-refractivity contribution in [2.75, 3.05) is 19.7 Å². The van der Waals surface area contributed by atoms with Crippen LogP contribution < -0.4 is 15.4 Å². The summed E-state index contributed by atoms with van der Waals surface area (Å²) in [6.07, 6.45) is 3.87. The summed E-state index contributed by atoms with van der Waals surface area (Å²) in [6.45, 7) is 2.13. The van der Waals surface area contributed by atoms with Crippen molar-refractivity contribution in [3.63, 3.8) is 0 Å². The van der Waals surface area contributed by atoms with Gasteiger partial charge in [-0.2, -0.15) is 0 Å². The second-order valence-corrected chi connectivity index (χ2v) is 6.53. The minimum absolute atomic E-state index is 0.0899. The van der Waals surface area contributed by atoms with Gasteiger partial charge >= 0.3 is 5.97 Å². The predicted octanol–water partition coefficient (Wildman–Crippen LogP) is 1.97. The lowest BCUT2D eigenvalue weighted by Crippen LogP contribution is -2.46. The molecule has 0 heterocycles. The normalized spacial score (nSPS) is 15.7. The molecule has 0 saturated heterocycles. The third kappa shape index (κ3) is 4.97. The number of ether oxygens (including phenoxy) is 1. The van der Waals surface area contributed by atoms with Crippen molar-refractivity contribution < 1.29 is 24.2 Å². The number of carbonyl (C=O) groups excluding carboxylic acids is 2. The van der Waals surface area contributed by atoms with Crippen LogP contribution in [0.15, 0.2) is 24.3 Å². The highest BCUT2D eigenvalue weighted by molar-refractivity contribution is 5.98. The average Bonchev–Trinajstić information content (AvgIpc) is 2.66. The molecular weight excluding hydrogens is 336 g/mol. The summed E-state index contributed by atoms with van der Waals surface area (Å²) in [5.74, 6) is -1.22. The van der Waals surface area contributed by atoms with Crippen molar-refractivity contribution in [2.24, 2.45) is 5.41 Å². The fourth-order valence-electron chi connectivity index (χ4n) is 3.22. The number of carboxylic acids is 1. The maximum atomic E-state index is 12.3. The summed E-state index contributed by atoms with van der Waals surface area (Å²) in [4.78, 5) is 35.9. The van der Waals surface area contributed by atoms with Gasteiger partial charge in [0, 0.05) is 6.54 Å². The monoisotopic (exact) mass is 362 g/mol. The van der Waals surface area contributed by atoms with E-state index >= 15 is 0 Å². The number of carboxylic acid groups (broad SMARTS) is 1. The van der Waals surface area contributed by atoms with Gasteiger partial charge in [0.25, 0.3) is 5.91 Å². The third-order valence-electron chi connectivity index (χ3n) is 4.73. The minimum Gasteiger partial charge on any atom is -0.493 e. The van der Waals surface area contributed by atoms with E-state index in [2.05, 4.69) is 10.6 Å². The molecule has 1 aliphatic rings. The van der Waals surface area contributed by atoms with E-state index in [9.17, 15) is 19.5 Å². The van der Waals surface area contributed by atoms with Crippen LogP contribution in [0, 0.1) is 5.41 Å². The van der Waals surface area contributed by atoms with Crippen molar-refractivity contribution in [3.8, 4) is 5.75 Å². The smallest absolute Gasteiger partial charge is 0.311 e. The van der Waals surface area contributed by atoms with Crippen LogP contribution in [-0.4, -0.2) is 42.6 Å². The highest BCUT2D eigenvalue weighted by atomic mass is 16.5. The Balaban J connectivity index is 1.86. The van der Waals surface area contributed by atoms with Gasteiger partial charge in [0.05, 0.1) is 24.1 Å². The summed E-state index contributed by atoms with van der Waals surface area (Å²) in [5, 5.41) is 14.7. The zero-order valence-electron chi connectivity index (χ0n) is 15.0. The van der Waals surface area contributed by atoms with Crippen LogP contribution in [-0.2, 0) is 9.59 Å². The SMILES string of the molecule is CCOc1ccccc1C(=O)NCC(=O)NCC1(C(=O)O)CCCCC1. The standard InChI is InChI=1S/C19H26N2O5/c1-2-26-15-9-5-4-8-14(15)17(23)20-12-16(22)21-13-19(18(24)25)10-6-3-7-11-19/h4-5,8-9H,2-3,6-7,10-13H2,1H3,(H,20,23)(H,21,22)(H,24,25). The molecule has 1 fully saturated rings. The lowest BCUT2D eigenvalue weighted by Gasteiger charge is -2.33. The highest BCUT2D eigenvalue weighted by Gasteiger charge is 2.39. The van der Waals surface area contributed by atoms with E-state index in [1.807, 2.05) is 6.92 Å². The number of nitrogens with one attached hydrogen (secondary N) is 2. The molecule has 7 nitrogen and oxygen atoms in total. The fourth-order valence-corrected chi connectivity index (χ4v) is 3.22. The quantitative estimate of drug-likeness (QED) is 0.656. The number of rotatable bonds is 8. The highest BCUT2D eigenvalue weighted by Crippen LogP contribution is 2.35. The van der Waals surface area contributed by atoms with Gasteiger partial charge in [0.1, 0.15) is 5.75 Å². The Kier molecular flexibility index (Phi) is 7.00. The lowest BCUT2D eigenvalue weighted by molar-refractivity contribution is -0.151. The lowest BCUT2D eigenvalue weighted by atomic mass is 9.74. The molecule has 3 N–H and O–H groups in total. The number of aliphatic carboxylic acids is 1. The molecule has 0 bridgehead atoms. The second kappa shape index (κ2) is 9.22.